The summed E-state index contributed by atoms with van der Waals surface area (Å²) < 4.78 is 6.47. The molecule has 0 aromatic heterocycles. The van der Waals surface area contributed by atoms with Crippen molar-refractivity contribution in [1.29, 1.82) is 0 Å². The summed E-state index contributed by atoms with van der Waals surface area (Å²) in [5.74, 6) is 1.05. The molecule has 2 aliphatic rings. The summed E-state index contributed by atoms with van der Waals surface area (Å²) in [6.45, 7) is 6.38. The van der Waals surface area contributed by atoms with Gasteiger partial charge in [-0.1, -0.05) is 30.7 Å². The first-order chi connectivity index (χ1) is 11.4. The molecular formula is C19H19ClN2OS. The third-order valence-electron chi connectivity index (χ3n) is 5.15. The van der Waals surface area contributed by atoms with E-state index in [9.17, 15) is 0 Å². The van der Waals surface area contributed by atoms with E-state index in [1.807, 2.05) is 24.3 Å². The van der Waals surface area contributed by atoms with E-state index in [4.69, 9.17) is 28.6 Å². The predicted octanol–water partition coefficient (Wildman–Crippen LogP) is 4.83. The zero-order chi connectivity index (χ0) is 17.1. The number of nitrogens with zero attached hydrogens (tertiary/aromatic N) is 1. The van der Waals surface area contributed by atoms with Crippen LogP contribution in [-0.4, -0.2) is 10.8 Å². The number of anilines is 1. The number of fused-ring (bicyclic) bond motifs is 4. The summed E-state index contributed by atoms with van der Waals surface area (Å²) in [5, 5.41) is 4.88. The average molecular weight is 359 g/mol. The third-order valence-corrected chi connectivity index (χ3v) is 5.69. The first-order valence-corrected chi connectivity index (χ1v) is 8.84. The molecule has 1 N–H and O–H groups in total. The van der Waals surface area contributed by atoms with Crippen LogP contribution in [0.15, 0.2) is 42.5 Å². The number of nitrogens with one attached hydrogen (secondary N) is 1. The van der Waals surface area contributed by atoms with Crippen molar-refractivity contribution in [2.45, 2.75) is 32.5 Å². The molecule has 2 aromatic rings. The standard InChI is InChI=1S/C19H19ClN2OS/c1-11-5-4-6-14(9-11)22-18(24)21-17-12(2)19(22,3)23-16-8-7-13(20)10-15(16)17/h4-10,12,17H,1-3H3,(H,21,24)/t12-,17-,19+/m1/s1. The van der Waals surface area contributed by atoms with Crippen molar-refractivity contribution < 1.29 is 4.74 Å². The highest BCUT2D eigenvalue weighted by Gasteiger charge is 2.53. The zero-order valence-electron chi connectivity index (χ0n) is 13.8. The van der Waals surface area contributed by atoms with Crippen LogP contribution in [0.5, 0.6) is 5.75 Å². The highest BCUT2D eigenvalue weighted by Crippen LogP contribution is 2.49. The largest absolute Gasteiger partial charge is 0.467 e. The summed E-state index contributed by atoms with van der Waals surface area (Å²) in [4.78, 5) is 2.09. The Kier molecular flexibility index (Phi) is 3.52. The summed E-state index contributed by atoms with van der Waals surface area (Å²) >= 11 is 11.9. The molecule has 2 aromatic carbocycles. The Balaban J connectivity index is 1.86. The summed E-state index contributed by atoms with van der Waals surface area (Å²) in [7, 11) is 0. The van der Waals surface area contributed by atoms with Crippen molar-refractivity contribution in [2.24, 2.45) is 5.92 Å². The summed E-state index contributed by atoms with van der Waals surface area (Å²) in [6.07, 6.45) is 0. The Bertz CT molecular complexity index is 840. The first kappa shape index (κ1) is 15.7. The molecule has 3 nitrogen and oxygen atoms in total. The maximum atomic E-state index is 6.47. The molecular weight excluding hydrogens is 340 g/mol. The molecule has 0 spiro atoms. The smallest absolute Gasteiger partial charge is 0.190 e. The van der Waals surface area contributed by atoms with E-state index in [1.54, 1.807) is 0 Å². The number of rotatable bonds is 1. The Morgan fingerprint density at radius 1 is 1.25 bits per heavy atom. The van der Waals surface area contributed by atoms with E-state index in [2.05, 4.69) is 49.2 Å². The van der Waals surface area contributed by atoms with Gasteiger partial charge in [-0.25, -0.2) is 0 Å². The van der Waals surface area contributed by atoms with Crippen molar-refractivity contribution in [2.75, 3.05) is 4.90 Å². The molecule has 4 rings (SSSR count). The van der Waals surface area contributed by atoms with E-state index >= 15 is 0 Å². The van der Waals surface area contributed by atoms with Gasteiger partial charge in [0.2, 0.25) is 0 Å². The van der Waals surface area contributed by atoms with Gasteiger partial charge in [-0.2, -0.15) is 0 Å². The predicted molar refractivity (Wildman–Crippen MR) is 102 cm³/mol. The lowest BCUT2D eigenvalue weighted by molar-refractivity contribution is -0.00316. The van der Waals surface area contributed by atoms with Crippen LogP contribution in [0.3, 0.4) is 0 Å². The van der Waals surface area contributed by atoms with Gasteiger partial charge in [0.05, 0.1) is 6.04 Å². The molecule has 24 heavy (non-hydrogen) atoms. The Morgan fingerprint density at radius 3 is 2.79 bits per heavy atom. The lowest BCUT2D eigenvalue weighted by Gasteiger charge is -2.56. The minimum absolute atomic E-state index is 0.0889. The highest BCUT2D eigenvalue weighted by molar-refractivity contribution is 7.80. The van der Waals surface area contributed by atoms with E-state index in [1.165, 1.54) is 5.56 Å². The average Bonchev–Trinajstić information content (AvgIpc) is 2.52. The monoisotopic (exact) mass is 358 g/mol. The quantitative estimate of drug-likeness (QED) is 0.738. The van der Waals surface area contributed by atoms with E-state index in [-0.39, 0.29) is 12.0 Å². The maximum Gasteiger partial charge on any atom is 0.190 e. The second-order valence-electron chi connectivity index (χ2n) is 6.73. The Labute approximate surface area is 152 Å². The van der Waals surface area contributed by atoms with Gasteiger partial charge in [-0.3, -0.25) is 4.90 Å². The molecule has 0 amide bonds. The molecule has 1 fully saturated rings. The van der Waals surface area contributed by atoms with Crippen LogP contribution in [0.4, 0.5) is 5.69 Å². The van der Waals surface area contributed by atoms with Gasteiger partial charge in [0.1, 0.15) is 5.75 Å². The molecule has 2 aliphatic heterocycles. The number of hydrogen-bond acceptors (Lipinski definition) is 2. The number of aryl methyl sites for hydroxylation is 1. The van der Waals surface area contributed by atoms with Crippen molar-refractivity contribution >= 4 is 34.6 Å². The van der Waals surface area contributed by atoms with Crippen LogP contribution in [0.1, 0.15) is 31.0 Å². The summed E-state index contributed by atoms with van der Waals surface area (Å²) in [5.41, 5.74) is 2.75. The number of hydrogen-bond donors (Lipinski definition) is 1. The minimum atomic E-state index is -0.554. The van der Waals surface area contributed by atoms with Crippen LogP contribution in [0, 0.1) is 12.8 Å². The number of halogens is 1. The fourth-order valence-electron chi connectivity index (χ4n) is 3.74. The topological polar surface area (TPSA) is 24.5 Å². The zero-order valence-corrected chi connectivity index (χ0v) is 15.4. The lowest BCUT2D eigenvalue weighted by Crippen LogP contribution is -2.69. The molecule has 1 saturated heterocycles. The van der Waals surface area contributed by atoms with E-state index < -0.39 is 5.72 Å². The molecule has 5 heteroatoms. The SMILES string of the molecule is Cc1cccc(N2C(=S)N[C@H]3c4cc(Cl)ccc4O[C@@]2(C)[C@@H]3C)c1. The molecule has 0 saturated carbocycles. The van der Waals surface area contributed by atoms with Crippen molar-refractivity contribution in [3.63, 3.8) is 0 Å². The Hall–Kier alpha value is -1.78. The van der Waals surface area contributed by atoms with Crippen LogP contribution in [0.2, 0.25) is 5.02 Å². The van der Waals surface area contributed by atoms with Crippen LogP contribution in [0.25, 0.3) is 0 Å². The summed E-state index contributed by atoms with van der Waals surface area (Å²) in [6, 6.07) is 14.2. The van der Waals surface area contributed by atoms with Crippen molar-refractivity contribution in [1.82, 2.24) is 5.32 Å². The molecule has 124 valence electrons. The minimum Gasteiger partial charge on any atom is -0.467 e. The lowest BCUT2D eigenvalue weighted by atomic mass is 9.80. The Morgan fingerprint density at radius 2 is 2.04 bits per heavy atom. The molecule has 2 bridgehead atoms. The fraction of sp³-hybridized carbons (Fsp3) is 0.316. The van der Waals surface area contributed by atoms with Crippen LogP contribution >= 0.6 is 23.8 Å². The van der Waals surface area contributed by atoms with Gasteiger partial charge in [0.15, 0.2) is 10.8 Å². The third kappa shape index (κ3) is 2.20. The van der Waals surface area contributed by atoms with Gasteiger partial charge in [-0.05, 0) is 62.0 Å². The number of thiocarbonyl (C=S) groups is 1. The van der Waals surface area contributed by atoms with E-state index in [0.717, 1.165) is 17.0 Å². The van der Waals surface area contributed by atoms with Gasteiger partial charge in [-0.15, -0.1) is 0 Å². The molecule has 3 atom stereocenters. The number of benzene rings is 2. The van der Waals surface area contributed by atoms with Gasteiger partial charge >= 0.3 is 0 Å². The van der Waals surface area contributed by atoms with Gasteiger partial charge in [0.25, 0.3) is 0 Å². The molecule has 2 heterocycles. The van der Waals surface area contributed by atoms with E-state index in [0.29, 0.717) is 10.1 Å². The van der Waals surface area contributed by atoms with Crippen molar-refractivity contribution in [3.8, 4) is 5.75 Å². The van der Waals surface area contributed by atoms with Crippen LogP contribution < -0.4 is 15.0 Å². The van der Waals surface area contributed by atoms with Crippen molar-refractivity contribution in [3.05, 3.63) is 58.6 Å². The second-order valence-corrected chi connectivity index (χ2v) is 7.55. The molecule has 0 radical (unpaired) electrons. The molecule has 0 aliphatic carbocycles. The first-order valence-electron chi connectivity index (χ1n) is 8.06. The number of ether oxygens (including phenoxy) is 1. The molecule has 0 unspecified atom stereocenters. The second kappa shape index (κ2) is 5.36. The van der Waals surface area contributed by atoms with Gasteiger partial charge in [0, 0.05) is 22.2 Å². The van der Waals surface area contributed by atoms with Crippen LogP contribution in [-0.2, 0) is 0 Å². The normalized spacial score (nSPS) is 28.0. The fourth-order valence-corrected chi connectivity index (χ4v) is 4.34. The highest BCUT2D eigenvalue weighted by atomic mass is 35.5. The maximum absolute atomic E-state index is 6.47. The van der Waals surface area contributed by atoms with Gasteiger partial charge < -0.3 is 10.1 Å².